The van der Waals surface area contributed by atoms with Crippen molar-refractivity contribution in [1.82, 2.24) is 0 Å². The number of carbonyl (C=O) groups excluding carboxylic acids is 1. The quantitative estimate of drug-likeness (QED) is 0.496. The fraction of sp³-hybridized carbons (Fsp3) is 0.542. The Morgan fingerprint density at radius 2 is 1.90 bits per heavy atom. The van der Waals surface area contributed by atoms with E-state index in [0.29, 0.717) is 29.0 Å². The molecule has 5 atom stereocenters. The molecule has 31 heavy (non-hydrogen) atoms. The van der Waals surface area contributed by atoms with Crippen LogP contribution in [0.1, 0.15) is 55.6 Å². The van der Waals surface area contributed by atoms with Gasteiger partial charge in [0.1, 0.15) is 18.3 Å². The maximum absolute atomic E-state index is 13.1. The molecule has 1 aromatic carbocycles. The summed E-state index contributed by atoms with van der Waals surface area (Å²) in [6.45, 7) is 9.41. The number of benzene rings is 1. The van der Waals surface area contributed by atoms with E-state index in [1.165, 1.54) is 0 Å². The second-order valence-electron chi connectivity index (χ2n) is 8.84. The van der Waals surface area contributed by atoms with Crippen LogP contribution in [0.5, 0.6) is 11.5 Å². The van der Waals surface area contributed by atoms with Gasteiger partial charge in [-0.2, -0.15) is 0 Å². The zero-order valence-corrected chi connectivity index (χ0v) is 18.6. The van der Waals surface area contributed by atoms with Crippen LogP contribution >= 0.6 is 0 Å². The van der Waals surface area contributed by atoms with Crippen molar-refractivity contribution in [2.75, 3.05) is 6.79 Å². The Morgan fingerprint density at radius 1 is 1.13 bits per heavy atom. The van der Waals surface area contributed by atoms with E-state index < -0.39 is 30.1 Å². The fourth-order valence-corrected chi connectivity index (χ4v) is 4.18. The molecule has 3 aliphatic rings. The maximum Gasteiger partial charge on any atom is 0.339 e. The summed E-state index contributed by atoms with van der Waals surface area (Å²) in [7, 11) is 0. The molecule has 3 heterocycles. The maximum atomic E-state index is 13.1. The minimum absolute atomic E-state index is 0.106. The Hall–Kier alpha value is -2.35. The molecule has 1 fully saturated rings. The van der Waals surface area contributed by atoms with Gasteiger partial charge >= 0.3 is 5.97 Å². The van der Waals surface area contributed by atoms with Gasteiger partial charge in [-0.05, 0) is 45.7 Å². The van der Waals surface area contributed by atoms with Crippen molar-refractivity contribution < 1.29 is 33.6 Å². The molecule has 0 spiro atoms. The average molecular weight is 430 g/mol. The summed E-state index contributed by atoms with van der Waals surface area (Å²) in [5.74, 6) is -0.184. The number of aliphatic hydroxyl groups excluding tert-OH is 1. The van der Waals surface area contributed by atoms with Crippen LogP contribution in [0.25, 0.3) is 6.08 Å². The van der Waals surface area contributed by atoms with Crippen LogP contribution in [-0.4, -0.2) is 48.1 Å². The van der Waals surface area contributed by atoms with Crippen molar-refractivity contribution >= 4 is 12.0 Å². The number of carbonyl (C=O) groups is 1. The minimum Gasteiger partial charge on any atom is -0.458 e. The lowest BCUT2D eigenvalue weighted by atomic mass is 9.97. The minimum atomic E-state index is -0.844. The Balaban J connectivity index is 1.77. The molecular formula is C24H30O7. The van der Waals surface area contributed by atoms with Gasteiger partial charge in [-0.1, -0.05) is 31.2 Å². The molecule has 168 valence electrons. The van der Waals surface area contributed by atoms with E-state index in [1.807, 2.05) is 52.8 Å². The Bertz CT molecular complexity index is 917. The summed E-state index contributed by atoms with van der Waals surface area (Å²) >= 11 is 0. The van der Waals surface area contributed by atoms with Crippen molar-refractivity contribution in [3.63, 3.8) is 0 Å². The number of aliphatic hydroxyl groups is 1. The van der Waals surface area contributed by atoms with E-state index in [2.05, 4.69) is 0 Å². The molecule has 1 unspecified atom stereocenters. The lowest BCUT2D eigenvalue weighted by Gasteiger charge is -2.22. The second-order valence-corrected chi connectivity index (χ2v) is 8.84. The van der Waals surface area contributed by atoms with Gasteiger partial charge in [0.2, 0.25) is 6.79 Å². The van der Waals surface area contributed by atoms with Gasteiger partial charge in [0.25, 0.3) is 0 Å². The van der Waals surface area contributed by atoms with Gasteiger partial charge < -0.3 is 28.8 Å². The number of rotatable bonds is 0. The largest absolute Gasteiger partial charge is 0.458 e. The Morgan fingerprint density at radius 3 is 2.68 bits per heavy atom. The van der Waals surface area contributed by atoms with Crippen molar-refractivity contribution in [2.24, 2.45) is 5.92 Å². The first-order chi connectivity index (χ1) is 14.7. The van der Waals surface area contributed by atoms with Crippen molar-refractivity contribution in [3.05, 3.63) is 41.0 Å². The fourth-order valence-electron chi connectivity index (χ4n) is 4.18. The first kappa shape index (κ1) is 21.9. The van der Waals surface area contributed by atoms with Gasteiger partial charge in [0, 0.05) is 11.5 Å². The van der Waals surface area contributed by atoms with Gasteiger partial charge in [0.15, 0.2) is 17.3 Å². The number of esters is 1. The van der Waals surface area contributed by atoms with E-state index in [9.17, 15) is 9.90 Å². The first-order valence-electron chi connectivity index (χ1n) is 10.7. The topological polar surface area (TPSA) is 83.5 Å². The molecule has 1 saturated heterocycles. The first-order valence-corrected chi connectivity index (χ1v) is 10.7. The summed E-state index contributed by atoms with van der Waals surface area (Å²) in [6, 6.07) is 1.80. The van der Waals surface area contributed by atoms with E-state index in [4.69, 9.17) is 23.7 Å². The van der Waals surface area contributed by atoms with E-state index in [-0.39, 0.29) is 18.8 Å². The monoisotopic (exact) mass is 430 g/mol. The van der Waals surface area contributed by atoms with Gasteiger partial charge in [-0.3, -0.25) is 0 Å². The highest BCUT2D eigenvalue weighted by atomic mass is 16.8. The number of ether oxygens (including phenoxy) is 5. The van der Waals surface area contributed by atoms with Gasteiger partial charge in [-0.15, -0.1) is 0 Å². The van der Waals surface area contributed by atoms with Crippen LogP contribution in [-0.2, 0) is 14.2 Å². The molecule has 1 aromatic rings. The molecule has 1 N–H and O–H groups in total. The molecule has 0 aromatic heterocycles. The van der Waals surface area contributed by atoms with Crippen LogP contribution in [0.4, 0.5) is 0 Å². The second kappa shape index (κ2) is 8.30. The summed E-state index contributed by atoms with van der Waals surface area (Å²) in [6.07, 6.45) is 5.70. The van der Waals surface area contributed by atoms with Crippen molar-refractivity contribution in [3.8, 4) is 11.5 Å². The highest BCUT2D eigenvalue weighted by molar-refractivity contribution is 5.97. The lowest BCUT2D eigenvalue weighted by Crippen LogP contribution is -2.34. The Labute approximate surface area is 182 Å². The van der Waals surface area contributed by atoms with Crippen LogP contribution in [0.15, 0.2) is 24.3 Å². The Kier molecular flexibility index (Phi) is 5.85. The number of hydrogen-bond acceptors (Lipinski definition) is 7. The summed E-state index contributed by atoms with van der Waals surface area (Å²) in [5, 5.41) is 10.7. The summed E-state index contributed by atoms with van der Waals surface area (Å²) in [4.78, 5) is 13.1. The highest BCUT2D eigenvalue weighted by Gasteiger charge is 2.43. The SMILES string of the molecule is Cc1cc2c(c3c1C(=O)O[C@@H](C)[C@H](C)/C=C\C(O)[C@H]1OC(C)(C)O[C@H]1CC=C3)OCO2. The van der Waals surface area contributed by atoms with Crippen LogP contribution < -0.4 is 9.47 Å². The molecule has 0 radical (unpaired) electrons. The van der Waals surface area contributed by atoms with Crippen LogP contribution in [0.2, 0.25) is 0 Å². The zero-order valence-electron chi connectivity index (χ0n) is 18.6. The summed E-state index contributed by atoms with van der Waals surface area (Å²) in [5.41, 5.74) is 1.84. The highest BCUT2D eigenvalue weighted by Crippen LogP contribution is 2.41. The third kappa shape index (κ3) is 4.35. The number of cyclic esters (lactones) is 1. The van der Waals surface area contributed by atoms with E-state index in [0.717, 1.165) is 5.56 Å². The van der Waals surface area contributed by atoms with E-state index >= 15 is 0 Å². The molecule has 7 nitrogen and oxygen atoms in total. The smallest absolute Gasteiger partial charge is 0.339 e. The van der Waals surface area contributed by atoms with E-state index in [1.54, 1.807) is 12.1 Å². The lowest BCUT2D eigenvalue weighted by molar-refractivity contribution is -0.152. The predicted molar refractivity (Wildman–Crippen MR) is 114 cm³/mol. The van der Waals surface area contributed by atoms with Crippen LogP contribution in [0.3, 0.4) is 0 Å². The molecule has 0 amide bonds. The molecule has 4 rings (SSSR count). The number of hydrogen-bond donors (Lipinski definition) is 1. The number of aryl methyl sites for hydroxylation is 1. The summed E-state index contributed by atoms with van der Waals surface area (Å²) < 4.78 is 29.0. The third-order valence-electron chi connectivity index (χ3n) is 5.96. The molecular weight excluding hydrogens is 400 g/mol. The molecule has 7 heteroatoms. The zero-order chi connectivity index (χ0) is 22.3. The van der Waals surface area contributed by atoms with Gasteiger partial charge in [-0.25, -0.2) is 4.79 Å². The molecule has 0 aliphatic carbocycles. The van der Waals surface area contributed by atoms with Crippen molar-refractivity contribution in [2.45, 2.75) is 71.2 Å². The molecule has 3 aliphatic heterocycles. The molecule has 0 bridgehead atoms. The van der Waals surface area contributed by atoms with Crippen molar-refractivity contribution in [1.29, 1.82) is 0 Å². The van der Waals surface area contributed by atoms with Gasteiger partial charge in [0.05, 0.1) is 11.7 Å². The molecule has 0 saturated carbocycles. The average Bonchev–Trinajstić information content (AvgIpc) is 3.28. The van der Waals surface area contributed by atoms with Crippen LogP contribution in [0, 0.1) is 12.8 Å². The predicted octanol–water partition coefficient (Wildman–Crippen LogP) is 3.76. The number of fused-ring (bicyclic) bond motifs is 4. The standard InChI is InChI=1S/C24H30O7/c1-13-9-10-17(25)22-18(30-24(4,5)31-22)8-6-7-16-20(23(26)29-15(13)3)14(2)11-19-21(16)28-12-27-19/h6-7,9-11,13,15,17-18,22,25H,8,12H2,1-5H3/b7-6?,10-9-/t13-,15+,17?,18+,22-/m1/s1. The third-order valence-corrected chi connectivity index (χ3v) is 5.96. The normalized spacial score (nSPS) is 33.2.